The molecule has 1 unspecified atom stereocenters. The van der Waals surface area contributed by atoms with Gasteiger partial charge in [0, 0.05) is 43.0 Å². The zero-order valence-corrected chi connectivity index (χ0v) is 17.5. The van der Waals surface area contributed by atoms with Crippen molar-refractivity contribution in [3.63, 3.8) is 0 Å². The maximum absolute atomic E-state index is 13.3. The van der Waals surface area contributed by atoms with Crippen LogP contribution in [-0.4, -0.2) is 17.0 Å². The molecule has 3 nitrogen and oxygen atoms in total. The van der Waals surface area contributed by atoms with Crippen molar-refractivity contribution in [3.8, 4) is 0 Å². The van der Waals surface area contributed by atoms with Crippen LogP contribution in [0.4, 0.5) is 13.2 Å². The second kappa shape index (κ2) is 8.94. The van der Waals surface area contributed by atoms with E-state index in [1.807, 2.05) is 42.1 Å². The average Bonchev–Trinajstić information content (AvgIpc) is 3.02. The molecule has 3 aromatic rings. The smallest absolute Gasteiger partial charge is 0.356 e. The molecule has 0 bridgehead atoms. The molecule has 0 fully saturated rings. The molecule has 0 saturated carbocycles. The summed E-state index contributed by atoms with van der Waals surface area (Å²) in [6.07, 6.45) is -1.57. The standard InChI is InChI=1S/C24H27F3N2O/c1-16(2)11-12-28-23(30)14-20(17-7-6-8-18(13-17)24(25,26)27)21-15-29(3)22-10-5-4-9-19(21)22/h4-10,13,15-16,20H,11-12,14H2,1-3H3,(H,28,30). The lowest BCUT2D eigenvalue weighted by Crippen LogP contribution is -2.27. The van der Waals surface area contributed by atoms with Gasteiger partial charge < -0.3 is 9.88 Å². The Bertz CT molecular complexity index is 1020. The van der Waals surface area contributed by atoms with Crippen molar-refractivity contribution in [2.24, 2.45) is 13.0 Å². The molecule has 30 heavy (non-hydrogen) atoms. The minimum atomic E-state index is -4.43. The Labute approximate surface area is 174 Å². The average molecular weight is 416 g/mol. The number of halogens is 3. The molecule has 3 rings (SSSR count). The minimum Gasteiger partial charge on any atom is -0.356 e. The Balaban J connectivity index is 2.00. The van der Waals surface area contributed by atoms with Crippen LogP contribution >= 0.6 is 0 Å². The SMILES string of the molecule is CC(C)CCNC(=O)CC(c1cccc(C(F)(F)F)c1)c1cn(C)c2ccccc12. The van der Waals surface area contributed by atoms with Crippen LogP contribution in [0.2, 0.25) is 0 Å². The van der Waals surface area contributed by atoms with Crippen LogP contribution in [0.5, 0.6) is 0 Å². The van der Waals surface area contributed by atoms with Crippen molar-refractivity contribution in [3.05, 3.63) is 71.4 Å². The van der Waals surface area contributed by atoms with Gasteiger partial charge in [-0.2, -0.15) is 13.2 Å². The van der Waals surface area contributed by atoms with Crippen LogP contribution in [0, 0.1) is 5.92 Å². The van der Waals surface area contributed by atoms with Gasteiger partial charge >= 0.3 is 6.18 Å². The molecular weight excluding hydrogens is 389 g/mol. The molecular formula is C24H27F3N2O. The lowest BCUT2D eigenvalue weighted by atomic mass is 9.87. The lowest BCUT2D eigenvalue weighted by Gasteiger charge is -2.19. The van der Waals surface area contributed by atoms with Crippen molar-refractivity contribution in [2.75, 3.05) is 6.54 Å². The molecule has 1 N–H and O–H groups in total. The molecule has 2 aromatic carbocycles. The normalized spacial score (nSPS) is 13.0. The fraction of sp³-hybridized carbons (Fsp3) is 0.375. The first-order valence-electron chi connectivity index (χ1n) is 10.1. The number of hydrogen-bond acceptors (Lipinski definition) is 1. The van der Waals surface area contributed by atoms with E-state index in [1.54, 1.807) is 6.07 Å². The van der Waals surface area contributed by atoms with Crippen LogP contribution in [-0.2, 0) is 18.0 Å². The highest BCUT2D eigenvalue weighted by Crippen LogP contribution is 2.37. The fourth-order valence-electron chi connectivity index (χ4n) is 3.75. The van der Waals surface area contributed by atoms with E-state index in [0.29, 0.717) is 18.0 Å². The number of nitrogens with one attached hydrogen (secondary N) is 1. The van der Waals surface area contributed by atoms with Gasteiger partial charge in [-0.05, 0) is 35.6 Å². The zero-order valence-electron chi connectivity index (χ0n) is 17.5. The Kier molecular flexibility index (Phi) is 6.54. The van der Waals surface area contributed by atoms with E-state index >= 15 is 0 Å². The molecule has 1 atom stereocenters. The summed E-state index contributed by atoms with van der Waals surface area (Å²) < 4.78 is 41.9. The number of fused-ring (bicyclic) bond motifs is 1. The van der Waals surface area contributed by atoms with Crippen molar-refractivity contribution in [1.29, 1.82) is 0 Å². The van der Waals surface area contributed by atoms with E-state index in [-0.39, 0.29) is 12.3 Å². The van der Waals surface area contributed by atoms with Crippen LogP contribution in [0.15, 0.2) is 54.7 Å². The van der Waals surface area contributed by atoms with E-state index in [0.717, 1.165) is 35.0 Å². The summed E-state index contributed by atoms with van der Waals surface area (Å²) in [7, 11) is 1.90. The van der Waals surface area contributed by atoms with E-state index in [1.165, 1.54) is 6.07 Å². The Hall–Kier alpha value is -2.76. The van der Waals surface area contributed by atoms with E-state index in [9.17, 15) is 18.0 Å². The molecule has 0 radical (unpaired) electrons. The number of alkyl halides is 3. The van der Waals surface area contributed by atoms with Crippen LogP contribution in [0.1, 0.15) is 49.3 Å². The highest BCUT2D eigenvalue weighted by Gasteiger charge is 2.32. The quantitative estimate of drug-likeness (QED) is 0.513. The number of aryl methyl sites for hydroxylation is 1. The van der Waals surface area contributed by atoms with Crippen LogP contribution in [0.3, 0.4) is 0 Å². The number of para-hydroxylation sites is 1. The third kappa shape index (κ3) is 5.04. The van der Waals surface area contributed by atoms with E-state index < -0.39 is 17.7 Å². The predicted molar refractivity (Wildman–Crippen MR) is 113 cm³/mol. The Morgan fingerprint density at radius 2 is 1.83 bits per heavy atom. The van der Waals surface area contributed by atoms with E-state index in [2.05, 4.69) is 19.2 Å². The van der Waals surface area contributed by atoms with Crippen molar-refractivity contribution >= 4 is 16.8 Å². The van der Waals surface area contributed by atoms with Gasteiger partial charge in [-0.1, -0.05) is 50.2 Å². The number of amides is 1. The zero-order chi connectivity index (χ0) is 21.9. The monoisotopic (exact) mass is 416 g/mol. The summed E-state index contributed by atoms with van der Waals surface area (Å²) >= 11 is 0. The van der Waals surface area contributed by atoms with Gasteiger partial charge in [0.05, 0.1) is 5.56 Å². The summed E-state index contributed by atoms with van der Waals surface area (Å²) in [6.45, 7) is 4.71. The molecule has 1 aromatic heterocycles. The molecule has 0 saturated heterocycles. The number of aromatic nitrogens is 1. The van der Waals surface area contributed by atoms with Crippen molar-refractivity contribution in [1.82, 2.24) is 9.88 Å². The summed E-state index contributed by atoms with van der Waals surface area (Å²) in [6, 6.07) is 13.0. The van der Waals surface area contributed by atoms with Crippen LogP contribution < -0.4 is 5.32 Å². The number of benzene rings is 2. The summed E-state index contributed by atoms with van der Waals surface area (Å²) in [5, 5.41) is 3.86. The molecule has 0 aliphatic rings. The van der Waals surface area contributed by atoms with Crippen LogP contribution in [0.25, 0.3) is 10.9 Å². The highest BCUT2D eigenvalue weighted by atomic mass is 19.4. The second-order valence-corrected chi connectivity index (χ2v) is 8.12. The summed E-state index contributed by atoms with van der Waals surface area (Å²) in [5.41, 5.74) is 1.61. The number of carbonyl (C=O) groups is 1. The van der Waals surface area contributed by atoms with Gasteiger partial charge in [0.15, 0.2) is 0 Å². The van der Waals surface area contributed by atoms with Gasteiger partial charge in [0.25, 0.3) is 0 Å². The Morgan fingerprint density at radius 3 is 2.53 bits per heavy atom. The van der Waals surface area contributed by atoms with Gasteiger partial charge in [-0.3, -0.25) is 4.79 Å². The van der Waals surface area contributed by atoms with Gasteiger partial charge in [-0.15, -0.1) is 0 Å². The second-order valence-electron chi connectivity index (χ2n) is 8.12. The topological polar surface area (TPSA) is 34.0 Å². The molecule has 6 heteroatoms. The number of carbonyl (C=O) groups excluding carboxylic acids is 1. The largest absolute Gasteiger partial charge is 0.416 e. The summed E-state index contributed by atoms with van der Waals surface area (Å²) in [4.78, 5) is 12.7. The third-order valence-electron chi connectivity index (χ3n) is 5.35. The molecule has 0 spiro atoms. The lowest BCUT2D eigenvalue weighted by molar-refractivity contribution is -0.137. The highest BCUT2D eigenvalue weighted by molar-refractivity contribution is 5.86. The van der Waals surface area contributed by atoms with Crippen molar-refractivity contribution < 1.29 is 18.0 Å². The first-order chi connectivity index (χ1) is 14.2. The maximum Gasteiger partial charge on any atom is 0.416 e. The Morgan fingerprint density at radius 1 is 1.10 bits per heavy atom. The van der Waals surface area contributed by atoms with Gasteiger partial charge in [-0.25, -0.2) is 0 Å². The minimum absolute atomic E-state index is 0.0907. The first kappa shape index (κ1) is 21.9. The fourth-order valence-corrected chi connectivity index (χ4v) is 3.75. The number of nitrogens with zero attached hydrogens (tertiary/aromatic N) is 1. The molecule has 1 heterocycles. The molecule has 0 aliphatic heterocycles. The van der Waals surface area contributed by atoms with Gasteiger partial charge in [0.1, 0.15) is 0 Å². The summed E-state index contributed by atoms with van der Waals surface area (Å²) in [5.74, 6) is -0.175. The van der Waals surface area contributed by atoms with Gasteiger partial charge in [0.2, 0.25) is 5.91 Å². The third-order valence-corrected chi connectivity index (χ3v) is 5.35. The predicted octanol–water partition coefficient (Wildman–Crippen LogP) is 5.88. The number of rotatable bonds is 7. The number of hydrogen-bond donors (Lipinski definition) is 1. The first-order valence-corrected chi connectivity index (χ1v) is 10.1. The van der Waals surface area contributed by atoms with E-state index in [4.69, 9.17) is 0 Å². The maximum atomic E-state index is 13.3. The molecule has 160 valence electrons. The molecule has 0 aliphatic carbocycles. The van der Waals surface area contributed by atoms with Crippen molar-refractivity contribution in [2.45, 2.75) is 38.8 Å². The molecule has 1 amide bonds.